The highest BCUT2D eigenvalue weighted by atomic mass is 16.3. The van der Waals surface area contributed by atoms with Crippen LogP contribution in [-0.2, 0) is 19.9 Å². The Hall–Kier alpha value is -1.82. The number of nitrogen functional groups attached to an aromatic ring is 1. The molecule has 0 spiro atoms. The molecule has 0 saturated heterocycles. The fraction of sp³-hybridized carbons (Fsp3) is 0.455. The van der Waals surface area contributed by atoms with Gasteiger partial charge in [0.2, 0.25) is 0 Å². The van der Waals surface area contributed by atoms with Gasteiger partial charge in [-0.3, -0.25) is 9.78 Å². The van der Waals surface area contributed by atoms with Crippen LogP contribution in [0.4, 0.5) is 5.82 Å². The van der Waals surface area contributed by atoms with E-state index in [-0.39, 0.29) is 0 Å². The number of aliphatic hydroxyl groups excluding tert-OH is 1. The second-order valence-corrected chi connectivity index (χ2v) is 4.06. The number of nitrogens with one attached hydrogen (secondary N) is 1. The number of aliphatic hydroxyl groups is 1. The fourth-order valence-electron chi connectivity index (χ4n) is 1.81. The zero-order valence-corrected chi connectivity index (χ0v) is 10.0. The summed E-state index contributed by atoms with van der Waals surface area (Å²) < 4.78 is 1.79. The largest absolute Gasteiger partial charge is 0.388 e. The maximum absolute atomic E-state index is 10.1. The van der Waals surface area contributed by atoms with Crippen molar-refractivity contribution in [2.24, 2.45) is 7.05 Å². The predicted molar refractivity (Wildman–Crippen MR) is 64.2 cm³/mol. The van der Waals surface area contributed by atoms with E-state index in [2.05, 4.69) is 22.2 Å². The first kappa shape index (κ1) is 11.7. The van der Waals surface area contributed by atoms with E-state index in [1.54, 1.807) is 10.9 Å². The first-order valence-electron chi connectivity index (χ1n) is 5.60. The molecule has 2 aromatic rings. The van der Waals surface area contributed by atoms with Crippen molar-refractivity contribution in [1.29, 1.82) is 0 Å². The van der Waals surface area contributed by atoms with Gasteiger partial charge in [-0.1, -0.05) is 6.92 Å². The predicted octanol–water partition coefficient (Wildman–Crippen LogP) is 0.564. The Balaban J connectivity index is 2.15. The quantitative estimate of drug-likeness (QED) is 0.722. The number of aromatic amines is 1. The monoisotopic (exact) mass is 235 g/mol. The third kappa shape index (κ3) is 2.31. The summed E-state index contributed by atoms with van der Waals surface area (Å²) in [5.41, 5.74) is 8.30. The van der Waals surface area contributed by atoms with Crippen LogP contribution in [0.5, 0.6) is 0 Å². The number of H-pyrrole nitrogens is 1. The smallest absolute Gasteiger partial charge is 0.124 e. The molecule has 0 aliphatic rings. The minimum absolute atomic E-state index is 0.412. The van der Waals surface area contributed by atoms with E-state index in [0.717, 1.165) is 17.8 Å². The van der Waals surface area contributed by atoms with Gasteiger partial charge in [0.15, 0.2) is 0 Å². The topological polar surface area (TPSA) is 92.8 Å². The third-order valence-electron chi connectivity index (χ3n) is 2.85. The summed E-state index contributed by atoms with van der Waals surface area (Å²) in [5.74, 6) is 0.412. The van der Waals surface area contributed by atoms with E-state index in [4.69, 9.17) is 5.73 Å². The Labute approximate surface area is 99.5 Å². The molecule has 92 valence electrons. The van der Waals surface area contributed by atoms with Crippen LogP contribution in [0.2, 0.25) is 0 Å². The standard InChI is InChI=1S/C11H17N5O/c1-3-7-4-8(16(2)15-7)5-10(17)9-6-13-14-11(9)12/h4,6,10,17H,3,5H2,1-2H3,(H3,12,13,14). The average molecular weight is 235 g/mol. The van der Waals surface area contributed by atoms with Gasteiger partial charge in [-0.05, 0) is 12.5 Å². The van der Waals surface area contributed by atoms with Crippen molar-refractivity contribution in [3.8, 4) is 0 Å². The van der Waals surface area contributed by atoms with Crippen LogP contribution in [0.25, 0.3) is 0 Å². The summed E-state index contributed by atoms with van der Waals surface area (Å²) in [6, 6.07) is 2.00. The highest BCUT2D eigenvalue weighted by Gasteiger charge is 2.16. The lowest BCUT2D eigenvalue weighted by Crippen LogP contribution is -2.07. The molecule has 2 rings (SSSR count). The van der Waals surface area contributed by atoms with E-state index in [1.807, 2.05) is 13.1 Å². The average Bonchev–Trinajstić information content (AvgIpc) is 2.86. The molecule has 0 aromatic carbocycles. The number of rotatable bonds is 4. The molecule has 0 bridgehead atoms. The van der Waals surface area contributed by atoms with E-state index in [1.165, 1.54) is 0 Å². The van der Waals surface area contributed by atoms with Crippen molar-refractivity contribution < 1.29 is 5.11 Å². The van der Waals surface area contributed by atoms with Crippen molar-refractivity contribution in [2.75, 3.05) is 5.73 Å². The molecular formula is C11H17N5O. The highest BCUT2D eigenvalue weighted by Crippen LogP contribution is 2.21. The lowest BCUT2D eigenvalue weighted by atomic mass is 10.1. The molecule has 0 saturated carbocycles. The summed E-state index contributed by atoms with van der Waals surface area (Å²) in [7, 11) is 1.87. The molecule has 0 aliphatic heterocycles. The summed E-state index contributed by atoms with van der Waals surface area (Å²) in [5, 5.41) is 20.8. The van der Waals surface area contributed by atoms with Crippen LogP contribution in [0.15, 0.2) is 12.3 Å². The molecule has 2 aromatic heterocycles. The zero-order chi connectivity index (χ0) is 12.4. The second-order valence-electron chi connectivity index (χ2n) is 4.06. The molecule has 17 heavy (non-hydrogen) atoms. The molecule has 1 unspecified atom stereocenters. The molecule has 2 heterocycles. The van der Waals surface area contributed by atoms with Gasteiger partial charge in [0.05, 0.1) is 18.0 Å². The maximum atomic E-state index is 10.1. The number of anilines is 1. The SMILES string of the molecule is CCc1cc(CC(O)c2cn[nH]c2N)n(C)n1. The van der Waals surface area contributed by atoms with Crippen LogP contribution in [0.3, 0.4) is 0 Å². The van der Waals surface area contributed by atoms with Crippen molar-refractivity contribution in [1.82, 2.24) is 20.0 Å². The van der Waals surface area contributed by atoms with Crippen LogP contribution >= 0.6 is 0 Å². The second kappa shape index (κ2) is 4.58. The van der Waals surface area contributed by atoms with Crippen molar-refractivity contribution in [2.45, 2.75) is 25.9 Å². The summed E-state index contributed by atoms with van der Waals surface area (Å²) in [6.07, 6.45) is 2.26. The Morgan fingerprint density at radius 3 is 2.88 bits per heavy atom. The fourth-order valence-corrected chi connectivity index (χ4v) is 1.81. The van der Waals surface area contributed by atoms with Gasteiger partial charge in [0.1, 0.15) is 5.82 Å². The van der Waals surface area contributed by atoms with Gasteiger partial charge >= 0.3 is 0 Å². The van der Waals surface area contributed by atoms with Gasteiger partial charge < -0.3 is 10.8 Å². The Bertz CT molecular complexity index is 502. The molecule has 4 N–H and O–H groups in total. The minimum Gasteiger partial charge on any atom is -0.388 e. The van der Waals surface area contributed by atoms with Crippen LogP contribution in [0, 0.1) is 0 Å². The number of aromatic nitrogens is 4. The van der Waals surface area contributed by atoms with Gasteiger partial charge in [-0.25, -0.2) is 0 Å². The van der Waals surface area contributed by atoms with Crippen LogP contribution in [-0.4, -0.2) is 25.1 Å². The summed E-state index contributed by atoms with van der Waals surface area (Å²) in [6.45, 7) is 2.05. The molecule has 1 atom stereocenters. The lowest BCUT2D eigenvalue weighted by Gasteiger charge is -2.09. The summed E-state index contributed by atoms with van der Waals surface area (Å²) >= 11 is 0. The van der Waals surface area contributed by atoms with Gasteiger partial charge in [-0.2, -0.15) is 10.2 Å². The van der Waals surface area contributed by atoms with E-state index < -0.39 is 6.10 Å². The first-order valence-corrected chi connectivity index (χ1v) is 5.60. The molecule has 6 heteroatoms. The number of aryl methyl sites for hydroxylation is 2. The van der Waals surface area contributed by atoms with Crippen LogP contribution < -0.4 is 5.73 Å². The van der Waals surface area contributed by atoms with E-state index >= 15 is 0 Å². The molecular weight excluding hydrogens is 218 g/mol. The number of hydrogen-bond donors (Lipinski definition) is 3. The normalized spacial score (nSPS) is 12.9. The molecule has 0 radical (unpaired) electrons. The van der Waals surface area contributed by atoms with Crippen molar-refractivity contribution in [3.05, 3.63) is 29.2 Å². The Morgan fingerprint density at radius 1 is 1.59 bits per heavy atom. The maximum Gasteiger partial charge on any atom is 0.124 e. The van der Waals surface area contributed by atoms with Crippen molar-refractivity contribution >= 4 is 5.82 Å². The van der Waals surface area contributed by atoms with E-state index in [9.17, 15) is 5.11 Å². The Morgan fingerprint density at radius 2 is 2.35 bits per heavy atom. The first-order chi connectivity index (χ1) is 8.11. The van der Waals surface area contributed by atoms with Gasteiger partial charge in [0.25, 0.3) is 0 Å². The van der Waals surface area contributed by atoms with Crippen LogP contribution in [0.1, 0.15) is 30.0 Å². The number of nitrogens with zero attached hydrogens (tertiary/aromatic N) is 3. The zero-order valence-electron chi connectivity index (χ0n) is 10.0. The van der Waals surface area contributed by atoms with E-state index in [0.29, 0.717) is 17.8 Å². The van der Waals surface area contributed by atoms with Crippen molar-refractivity contribution in [3.63, 3.8) is 0 Å². The van der Waals surface area contributed by atoms with Gasteiger partial charge in [-0.15, -0.1) is 0 Å². The highest BCUT2D eigenvalue weighted by molar-refractivity contribution is 5.39. The number of nitrogens with two attached hydrogens (primary N) is 1. The minimum atomic E-state index is -0.658. The molecule has 0 fully saturated rings. The number of hydrogen-bond acceptors (Lipinski definition) is 4. The molecule has 0 aliphatic carbocycles. The molecule has 6 nitrogen and oxygen atoms in total. The lowest BCUT2D eigenvalue weighted by molar-refractivity contribution is 0.176. The summed E-state index contributed by atoms with van der Waals surface area (Å²) in [4.78, 5) is 0. The molecule has 0 amide bonds. The third-order valence-corrected chi connectivity index (χ3v) is 2.85. The Kier molecular flexibility index (Phi) is 3.14. The van der Waals surface area contributed by atoms with Gasteiger partial charge in [0, 0.05) is 24.7 Å².